The molecule has 0 aliphatic rings. The maximum atomic E-state index is 4.74. The van der Waals surface area contributed by atoms with Crippen LogP contribution >= 0.6 is 11.3 Å². The molecule has 0 saturated heterocycles. The first-order valence-electron chi connectivity index (χ1n) is 15.9. The molecule has 7 rings (SSSR count). The van der Waals surface area contributed by atoms with Gasteiger partial charge >= 0.3 is 0 Å². The van der Waals surface area contributed by atoms with Crippen molar-refractivity contribution < 1.29 is 20.1 Å². The molecule has 47 heavy (non-hydrogen) atoms. The fourth-order valence-corrected chi connectivity index (χ4v) is 6.83. The van der Waals surface area contributed by atoms with E-state index in [1.54, 1.807) is 6.20 Å². The van der Waals surface area contributed by atoms with Crippen LogP contribution in [0.25, 0.3) is 54.2 Å². The van der Waals surface area contributed by atoms with E-state index in [1.165, 1.54) is 48.3 Å². The van der Waals surface area contributed by atoms with Crippen molar-refractivity contribution in [3.05, 3.63) is 156 Å². The van der Waals surface area contributed by atoms with E-state index in [2.05, 4.69) is 125 Å². The first-order valence-corrected chi connectivity index (χ1v) is 16.7. The Balaban J connectivity index is 0.000000280. The van der Waals surface area contributed by atoms with E-state index in [-0.39, 0.29) is 20.1 Å². The molecule has 4 heteroatoms. The van der Waals surface area contributed by atoms with Gasteiger partial charge in [0.15, 0.2) is 0 Å². The molecule has 0 amide bonds. The van der Waals surface area contributed by atoms with E-state index >= 15 is 0 Å². The number of thiophene rings is 1. The Morgan fingerprint density at radius 2 is 1.32 bits per heavy atom. The molecule has 2 nitrogen and oxygen atoms in total. The topological polar surface area (TPSA) is 25.8 Å². The van der Waals surface area contributed by atoms with Crippen molar-refractivity contribution in [1.29, 1.82) is 0 Å². The molecule has 0 atom stereocenters. The summed E-state index contributed by atoms with van der Waals surface area (Å²) in [6, 6.07) is 46.9. The number of fused-ring (bicyclic) bond motifs is 1. The van der Waals surface area contributed by atoms with Gasteiger partial charge in [0.2, 0.25) is 0 Å². The van der Waals surface area contributed by atoms with Gasteiger partial charge in [0.1, 0.15) is 0 Å². The molecule has 0 fully saturated rings. The summed E-state index contributed by atoms with van der Waals surface area (Å²) in [7, 11) is 0. The summed E-state index contributed by atoms with van der Waals surface area (Å²) >= 11 is 1.87. The Morgan fingerprint density at radius 3 is 1.98 bits per heavy atom. The minimum atomic E-state index is 0. The Hall–Kier alpha value is -4.21. The van der Waals surface area contributed by atoms with Gasteiger partial charge in [-0.25, -0.2) is 0 Å². The standard InChI is InChI=1S/C32H30NS.C11H8N.Ir/c1-20(2)23-11-13-24(14-12-23)29-18-27(30-19-26(21(3)4)15-16-33-30)17-28-22(5)31(34-32(28)29)25-9-7-6-8-10-25;1-2-6-10(7-3-1)11-8-4-5-9-12-11;/h6-16,18-21H,1-5H3;1-6,8-9H;/q2*-1;. The molecular weight excluding hydrogens is 769 g/mol. The van der Waals surface area contributed by atoms with Gasteiger partial charge in [0.25, 0.3) is 0 Å². The zero-order chi connectivity index (χ0) is 32.0. The van der Waals surface area contributed by atoms with Crippen LogP contribution in [-0.2, 0) is 20.1 Å². The molecule has 0 N–H and O–H groups in total. The Labute approximate surface area is 297 Å². The number of hydrogen-bond donors (Lipinski definition) is 0. The summed E-state index contributed by atoms with van der Waals surface area (Å²) < 4.78 is 1.29. The maximum Gasteiger partial charge on any atom is 0.0185 e. The van der Waals surface area contributed by atoms with Crippen molar-refractivity contribution in [2.75, 3.05) is 0 Å². The second-order valence-electron chi connectivity index (χ2n) is 12.1. The first kappa shape index (κ1) is 34.1. The number of aryl methyl sites for hydroxylation is 1. The molecule has 0 aliphatic heterocycles. The third kappa shape index (κ3) is 7.85. The van der Waals surface area contributed by atoms with Crippen molar-refractivity contribution in [1.82, 2.24) is 9.97 Å². The van der Waals surface area contributed by atoms with Gasteiger partial charge < -0.3 is 4.98 Å². The summed E-state index contributed by atoms with van der Waals surface area (Å²) in [5.41, 5.74) is 11.8. The largest absolute Gasteiger partial charge is 0.305 e. The number of pyridine rings is 2. The number of benzene rings is 4. The van der Waals surface area contributed by atoms with Gasteiger partial charge in [-0.2, -0.15) is 11.3 Å². The van der Waals surface area contributed by atoms with Crippen molar-refractivity contribution in [2.45, 2.75) is 46.5 Å². The SMILES string of the molecule is Cc1c(-c2ccccc2)sc2c(-c3ccc(C(C)C)cc3)cc(-c3cc(C(C)C)ccn3)[c-]c12.[Ir].[c-]1ccccc1-c1ccccn1. The predicted molar refractivity (Wildman–Crippen MR) is 196 cm³/mol. The van der Waals surface area contributed by atoms with E-state index in [9.17, 15) is 0 Å². The van der Waals surface area contributed by atoms with Crippen LogP contribution in [-0.4, -0.2) is 9.97 Å². The van der Waals surface area contributed by atoms with Gasteiger partial charge in [0, 0.05) is 38.2 Å². The molecule has 3 aromatic heterocycles. The zero-order valence-corrected chi connectivity index (χ0v) is 30.6. The Kier molecular flexibility index (Phi) is 11.3. The van der Waals surface area contributed by atoms with E-state index in [4.69, 9.17) is 4.98 Å². The van der Waals surface area contributed by atoms with Crippen LogP contribution in [0.5, 0.6) is 0 Å². The van der Waals surface area contributed by atoms with Crippen LogP contribution in [0.4, 0.5) is 0 Å². The second-order valence-corrected chi connectivity index (χ2v) is 13.1. The van der Waals surface area contributed by atoms with Crippen molar-refractivity contribution in [2.24, 2.45) is 0 Å². The summed E-state index contributed by atoms with van der Waals surface area (Å²) in [5, 5.41) is 1.20. The normalized spacial score (nSPS) is 10.9. The molecule has 4 aromatic carbocycles. The van der Waals surface area contributed by atoms with Gasteiger partial charge in [-0.05, 0) is 61.5 Å². The summed E-state index contributed by atoms with van der Waals surface area (Å²) in [6.07, 6.45) is 3.71. The van der Waals surface area contributed by atoms with Gasteiger partial charge in [0.05, 0.1) is 0 Å². The number of aromatic nitrogens is 2. The quantitative estimate of drug-likeness (QED) is 0.156. The fourth-order valence-electron chi connectivity index (χ4n) is 5.53. The summed E-state index contributed by atoms with van der Waals surface area (Å²) in [5.74, 6) is 0.978. The smallest absolute Gasteiger partial charge is 0.0185 e. The molecule has 0 saturated carbocycles. The third-order valence-corrected chi connectivity index (χ3v) is 9.61. The summed E-state index contributed by atoms with van der Waals surface area (Å²) in [6.45, 7) is 11.2. The predicted octanol–water partition coefficient (Wildman–Crippen LogP) is 12.2. The second kappa shape index (κ2) is 15.6. The van der Waals surface area contributed by atoms with Crippen LogP contribution in [0.3, 0.4) is 0 Å². The molecular formula is C43H38IrN2S-2. The van der Waals surface area contributed by atoms with Crippen LogP contribution in [0.1, 0.15) is 56.2 Å². The summed E-state index contributed by atoms with van der Waals surface area (Å²) in [4.78, 5) is 10.3. The fraction of sp³-hybridized carbons (Fsp3) is 0.163. The van der Waals surface area contributed by atoms with Crippen molar-refractivity contribution in [3.63, 3.8) is 0 Å². The minimum Gasteiger partial charge on any atom is -0.305 e. The average molecular weight is 807 g/mol. The minimum absolute atomic E-state index is 0. The third-order valence-electron chi connectivity index (χ3n) is 8.24. The monoisotopic (exact) mass is 807 g/mol. The molecule has 0 bridgehead atoms. The first-order chi connectivity index (χ1) is 22.4. The van der Waals surface area contributed by atoms with Crippen LogP contribution in [0.15, 0.2) is 128 Å². The number of nitrogens with zero attached hydrogens (tertiary/aromatic N) is 2. The Bertz CT molecular complexity index is 1990. The number of hydrogen-bond acceptors (Lipinski definition) is 3. The Morgan fingerprint density at radius 1 is 0.617 bits per heavy atom. The van der Waals surface area contributed by atoms with Crippen LogP contribution < -0.4 is 0 Å². The van der Waals surface area contributed by atoms with Crippen molar-refractivity contribution in [3.8, 4) is 44.1 Å². The van der Waals surface area contributed by atoms with Gasteiger partial charge in [-0.3, -0.25) is 4.98 Å². The average Bonchev–Trinajstić information content (AvgIpc) is 3.45. The van der Waals surface area contributed by atoms with Crippen molar-refractivity contribution >= 4 is 21.4 Å². The molecule has 7 aromatic rings. The molecule has 237 valence electrons. The van der Waals surface area contributed by atoms with Gasteiger partial charge in [-0.15, -0.1) is 53.4 Å². The van der Waals surface area contributed by atoms with E-state index < -0.39 is 0 Å². The molecule has 3 heterocycles. The van der Waals surface area contributed by atoms with Crippen LogP contribution in [0.2, 0.25) is 0 Å². The van der Waals surface area contributed by atoms with Gasteiger partial charge in [-0.1, -0.05) is 124 Å². The molecule has 1 radical (unpaired) electrons. The van der Waals surface area contributed by atoms with E-state index in [0.29, 0.717) is 11.8 Å². The molecule has 0 aliphatic carbocycles. The van der Waals surface area contributed by atoms with Crippen LogP contribution in [0, 0.1) is 19.1 Å². The van der Waals surface area contributed by atoms with E-state index in [0.717, 1.165) is 22.5 Å². The maximum absolute atomic E-state index is 4.74. The number of rotatable bonds is 6. The zero-order valence-electron chi connectivity index (χ0n) is 27.4. The molecule has 0 unspecified atom stereocenters. The van der Waals surface area contributed by atoms with E-state index in [1.807, 2.05) is 60.0 Å². The molecule has 0 spiro atoms.